The van der Waals surface area contributed by atoms with Gasteiger partial charge in [-0.05, 0) is 18.2 Å². The first-order valence-electron chi connectivity index (χ1n) is 6.34. The summed E-state index contributed by atoms with van der Waals surface area (Å²) in [6.07, 6.45) is -2.83. The Hall–Kier alpha value is -2.34. The third kappa shape index (κ3) is 2.38. The molecule has 3 rings (SSSR count). The van der Waals surface area contributed by atoms with Crippen LogP contribution in [0.15, 0.2) is 48.7 Å². The molecule has 0 fully saturated rings. The topological polar surface area (TPSA) is 43.3 Å². The molecule has 0 aliphatic heterocycles. The Morgan fingerprint density at radius 2 is 1.81 bits per heavy atom. The van der Waals surface area contributed by atoms with Crippen molar-refractivity contribution in [2.45, 2.75) is 12.7 Å². The van der Waals surface area contributed by atoms with Gasteiger partial charge in [0.15, 0.2) is 0 Å². The Morgan fingerprint density at radius 3 is 2.52 bits per heavy atom. The zero-order valence-corrected chi connectivity index (χ0v) is 10.9. The van der Waals surface area contributed by atoms with Crippen molar-refractivity contribution in [2.75, 3.05) is 0 Å². The van der Waals surface area contributed by atoms with Crippen LogP contribution in [0.25, 0.3) is 16.9 Å². The van der Waals surface area contributed by atoms with Gasteiger partial charge in [0, 0.05) is 24.0 Å². The van der Waals surface area contributed by atoms with Crippen LogP contribution in [0, 0.1) is 0 Å². The van der Waals surface area contributed by atoms with Crippen molar-refractivity contribution < 1.29 is 13.2 Å². The molecule has 0 unspecified atom stereocenters. The maximum absolute atomic E-state index is 13.1. The van der Waals surface area contributed by atoms with Crippen molar-refractivity contribution in [3.63, 3.8) is 0 Å². The van der Waals surface area contributed by atoms with Crippen molar-refractivity contribution in [3.8, 4) is 11.3 Å². The first-order chi connectivity index (χ1) is 10.0. The van der Waals surface area contributed by atoms with Gasteiger partial charge in [-0.3, -0.25) is 0 Å². The average molecular weight is 291 g/mol. The minimum atomic E-state index is -4.41. The molecule has 21 heavy (non-hydrogen) atoms. The number of nitrogens with two attached hydrogens (primary N) is 1. The lowest BCUT2D eigenvalue weighted by Crippen LogP contribution is -2.06. The van der Waals surface area contributed by atoms with Gasteiger partial charge in [0.2, 0.25) is 0 Å². The fraction of sp³-hybridized carbons (Fsp3) is 0.133. The van der Waals surface area contributed by atoms with E-state index in [0.29, 0.717) is 5.65 Å². The molecule has 2 heterocycles. The minimum absolute atomic E-state index is 0.0664. The normalized spacial score (nSPS) is 12.0. The molecular weight excluding hydrogens is 279 g/mol. The average Bonchev–Trinajstić information content (AvgIpc) is 2.90. The van der Waals surface area contributed by atoms with E-state index in [1.165, 1.54) is 12.1 Å². The zero-order chi connectivity index (χ0) is 15.0. The standard InChI is InChI=1S/C15H12F3N3/c16-15(17,18)12-6-2-1-5-11(12)13-9-21-10(8-19)4-3-7-14(21)20-13/h1-7,9H,8,19H2. The fourth-order valence-electron chi connectivity index (χ4n) is 2.32. The summed E-state index contributed by atoms with van der Waals surface area (Å²) in [5, 5.41) is 0. The lowest BCUT2D eigenvalue weighted by Gasteiger charge is -2.10. The first kappa shape index (κ1) is 13.6. The van der Waals surface area contributed by atoms with Crippen molar-refractivity contribution in [1.29, 1.82) is 0 Å². The van der Waals surface area contributed by atoms with Crippen LogP contribution in [0.2, 0.25) is 0 Å². The quantitative estimate of drug-likeness (QED) is 0.785. The van der Waals surface area contributed by atoms with E-state index < -0.39 is 11.7 Å². The van der Waals surface area contributed by atoms with E-state index in [4.69, 9.17) is 5.73 Å². The molecule has 0 saturated heterocycles. The molecule has 1 aromatic carbocycles. The molecular formula is C15H12F3N3. The van der Waals surface area contributed by atoms with Crippen LogP contribution in [-0.2, 0) is 12.7 Å². The van der Waals surface area contributed by atoms with E-state index in [-0.39, 0.29) is 17.8 Å². The van der Waals surface area contributed by atoms with E-state index in [1.807, 2.05) is 6.07 Å². The molecule has 0 saturated carbocycles. The van der Waals surface area contributed by atoms with Crippen LogP contribution in [0.1, 0.15) is 11.3 Å². The molecule has 108 valence electrons. The number of hydrogen-bond donors (Lipinski definition) is 1. The predicted octanol–water partition coefficient (Wildman–Crippen LogP) is 3.48. The smallest absolute Gasteiger partial charge is 0.325 e. The first-order valence-corrected chi connectivity index (χ1v) is 6.34. The number of halogens is 3. The van der Waals surface area contributed by atoms with E-state index in [0.717, 1.165) is 11.8 Å². The van der Waals surface area contributed by atoms with Gasteiger partial charge in [-0.2, -0.15) is 13.2 Å². The molecule has 0 bridgehead atoms. The van der Waals surface area contributed by atoms with Gasteiger partial charge in [-0.1, -0.05) is 24.3 Å². The number of hydrogen-bond acceptors (Lipinski definition) is 2. The number of benzene rings is 1. The lowest BCUT2D eigenvalue weighted by atomic mass is 10.0. The van der Waals surface area contributed by atoms with Gasteiger partial charge in [0.25, 0.3) is 0 Å². The SMILES string of the molecule is NCc1cccc2nc(-c3ccccc3C(F)(F)F)cn12. The summed E-state index contributed by atoms with van der Waals surface area (Å²) < 4.78 is 41.0. The van der Waals surface area contributed by atoms with Gasteiger partial charge in [-0.25, -0.2) is 4.98 Å². The molecule has 0 spiro atoms. The zero-order valence-electron chi connectivity index (χ0n) is 10.9. The van der Waals surface area contributed by atoms with Crippen LogP contribution in [0.5, 0.6) is 0 Å². The summed E-state index contributed by atoms with van der Waals surface area (Å²) in [5.41, 5.74) is 6.65. The summed E-state index contributed by atoms with van der Waals surface area (Å²) in [6.45, 7) is 0.286. The van der Waals surface area contributed by atoms with E-state index in [2.05, 4.69) is 4.98 Å². The number of alkyl halides is 3. The molecule has 2 N–H and O–H groups in total. The van der Waals surface area contributed by atoms with Gasteiger partial charge >= 0.3 is 6.18 Å². The van der Waals surface area contributed by atoms with Crippen LogP contribution in [0.3, 0.4) is 0 Å². The third-order valence-corrected chi connectivity index (χ3v) is 3.29. The van der Waals surface area contributed by atoms with Gasteiger partial charge in [0.05, 0.1) is 11.3 Å². The summed E-state index contributed by atoms with van der Waals surface area (Å²) in [4.78, 5) is 4.27. The Balaban J connectivity index is 2.22. The van der Waals surface area contributed by atoms with Gasteiger partial charge in [0.1, 0.15) is 5.65 Å². The second kappa shape index (κ2) is 4.89. The van der Waals surface area contributed by atoms with Crippen LogP contribution < -0.4 is 5.73 Å². The summed E-state index contributed by atoms with van der Waals surface area (Å²) in [6, 6.07) is 10.7. The van der Waals surface area contributed by atoms with Crippen molar-refractivity contribution >= 4 is 5.65 Å². The molecule has 0 radical (unpaired) electrons. The maximum Gasteiger partial charge on any atom is 0.417 e. The molecule has 3 nitrogen and oxygen atoms in total. The van der Waals surface area contributed by atoms with Crippen LogP contribution in [0.4, 0.5) is 13.2 Å². The van der Waals surface area contributed by atoms with Crippen molar-refractivity contribution in [3.05, 3.63) is 59.9 Å². The highest BCUT2D eigenvalue weighted by Crippen LogP contribution is 2.36. The van der Waals surface area contributed by atoms with Crippen LogP contribution >= 0.6 is 0 Å². The number of rotatable bonds is 2. The Labute approximate surface area is 118 Å². The Bertz CT molecular complexity index is 790. The highest BCUT2D eigenvalue weighted by molar-refractivity contribution is 5.67. The molecule has 6 heteroatoms. The number of nitrogens with zero attached hydrogens (tertiary/aromatic N) is 2. The Morgan fingerprint density at radius 1 is 1.05 bits per heavy atom. The molecule has 0 amide bonds. The van der Waals surface area contributed by atoms with Gasteiger partial charge < -0.3 is 10.1 Å². The molecule has 3 aromatic rings. The molecule has 2 aromatic heterocycles. The minimum Gasteiger partial charge on any atom is -0.325 e. The van der Waals surface area contributed by atoms with Gasteiger partial charge in [-0.15, -0.1) is 0 Å². The second-order valence-corrected chi connectivity index (χ2v) is 4.62. The number of imidazole rings is 1. The monoisotopic (exact) mass is 291 g/mol. The predicted molar refractivity (Wildman–Crippen MR) is 73.5 cm³/mol. The summed E-state index contributed by atoms with van der Waals surface area (Å²) in [5.74, 6) is 0. The van der Waals surface area contributed by atoms with Crippen molar-refractivity contribution in [2.24, 2.45) is 5.73 Å². The summed E-state index contributed by atoms with van der Waals surface area (Å²) >= 11 is 0. The fourth-order valence-corrected chi connectivity index (χ4v) is 2.32. The largest absolute Gasteiger partial charge is 0.417 e. The van der Waals surface area contributed by atoms with E-state index >= 15 is 0 Å². The highest BCUT2D eigenvalue weighted by atomic mass is 19.4. The number of aromatic nitrogens is 2. The Kier molecular flexibility index (Phi) is 3.17. The van der Waals surface area contributed by atoms with E-state index in [1.54, 1.807) is 28.8 Å². The number of fused-ring (bicyclic) bond motifs is 1. The lowest BCUT2D eigenvalue weighted by molar-refractivity contribution is -0.137. The van der Waals surface area contributed by atoms with Crippen LogP contribution in [-0.4, -0.2) is 9.38 Å². The number of pyridine rings is 1. The molecule has 0 aliphatic carbocycles. The van der Waals surface area contributed by atoms with E-state index in [9.17, 15) is 13.2 Å². The second-order valence-electron chi connectivity index (χ2n) is 4.62. The maximum atomic E-state index is 13.1. The third-order valence-electron chi connectivity index (χ3n) is 3.29. The molecule has 0 aliphatic rings. The summed E-state index contributed by atoms with van der Waals surface area (Å²) in [7, 11) is 0. The molecule has 0 atom stereocenters. The van der Waals surface area contributed by atoms with Crippen molar-refractivity contribution in [1.82, 2.24) is 9.38 Å². The highest BCUT2D eigenvalue weighted by Gasteiger charge is 2.33.